The van der Waals surface area contributed by atoms with E-state index in [9.17, 15) is 9.90 Å². The molecule has 4 aliphatic rings. The smallest absolute Gasteiger partial charge is 0.254 e. The highest BCUT2D eigenvalue weighted by atomic mass is 35.5. The molecule has 4 saturated carbocycles. The van der Waals surface area contributed by atoms with Crippen LogP contribution in [0, 0.1) is 17.8 Å². The fraction of sp³-hybridized carbons (Fsp3) is 0.625. The molecule has 4 aliphatic carbocycles. The van der Waals surface area contributed by atoms with Gasteiger partial charge in [-0.3, -0.25) is 4.79 Å². The van der Waals surface area contributed by atoms with Gasteiger partial charge in [-0.1, -0.05) is 23.2 Å². The van der Waals surface area contributed by atoms with Gasteiger partial charge in [-0.2, -0.15) is 0 Å². The van der Waals surface area contributed by atoms with Crippen LogP contribution >= 0.6 is 23.2 Å². The van der Waals surface area contributed by atoms with Crippen molar-refractivity contribution in [3.05, 3.63) is 28.0 Å². The van der Waals surface area contributed by atoms with E-state index in [4.69, 9.17) is 23.2 Å². The van der Waals surface area contributed by atoms with Crippen LogP contribution in [0.5, 0.6) is 0 Å². The second-order valence-electron chi connectivity index (χ2n) is 7.17. The summed E-state index contributed by atoms with van der Waals surface area (Å²) >= 11 is 11.8. The summed E-state index contributed by atoms with van der Waals surface area (Å²) in [6.07, 6.45) is 4.76. The molecule has 2 atom stereocenters. The Morgan fingerprint density at radius 2 is 1.91 bits per heavy atom. The molecular weight excluding hydrogens is 323 g/mol. The van der Waals surface area contributed by atoms with Crippen molar-refractivity contribution in [1.29, 1.82) is 0 Å². The number of carbonyl (C=O) groups is 1. The monoisotopic (exact) mass is 340 g/mol. The molecule has 5 rings (SSSR count). The zero-order valence-electron chi connectivity index (χ0n) is 12.1. The molecule has 4 bridgehead atoms. The summed E-state index contributed by atoms with van der Waals surface area (Å²) in [6, 6.07) is 3.31. The lowest BCUT2D eigenvalue weighted by Gasteiger charge is -2.58. The molecule has 4 fully saturated rings. The van der Waals surface area contributed by atoms with Crippen LogP contribution in [0.3, 0.4) is 0 Å². The van der Waals surface area contributed by atoms with Gasteiger partial charge in [0.25, 0.3) is 5.91 Å². The minimum atomic E-state index is -0.489. The van der Waals surface area contributed by atoms with Gasteiger partial charge in [0.15, 0.2) is 0 Å². The number of halogens is 2. The van der Waals surface area contributed by atoms with Crippen LogP contribution in [0.15, 0.2) is 12.1 Å². The van der Waals surface area contributed by atoms with Crippen molar-refractivity contribution >= 4 is 29.1 Å². The van der Waals surface area contributed by atoms with Gasteiger partial charge in [-0.15, -0.1) is 0 Å². The molecule has 1 heterocycles. The predicted octanol–water partition coefficient (Wildman–Crippen LogP) is 3.06. The van der Waals surface area contributed by atoms with Crippen molar-refractivity contribution in [2.75, 3.05) is 0 Å². The number of aromatic nitrogens is 1. The van der Waals surface area contributed by atoms with E-state index in [0.29, 0.717) is 23.3 Å². The van der Waals surface area contributed by atoms with E-state index < -0.39 is 5.60 Å². The normalized spacial score (nSPS) is 39.0. The van der Waals surface area contributed by atoms with Crippen molar-refractivity contribution in [2.45, 2.75) is 43.7 Å². The van der Waals surface area contributed by atoms with E-state index >= 15 is 0 Å². The second-order valence-corrected chi connectivity index (χ2v) is 7.91. The maximum absolute atomic E-state index is 12.5. The van der Waals surface area contributed by atoms with Crippen LogP contribution in [0.4, 0.5) is 0 Å². The molecule has 0 saturated heterocycles. The van der Waals surface area contributed by atoms with Gasteiger partial charge in [0.2, 0.25) is 0 Å². The molecule has 22 heavy (non-hydrogen) atoms. The largest absolute Gasteiger partial charge is 0.390 e. The van der Waals surface area contributed by atoms with Crippen LogP contribution in [0.1, 0.15) is 42.5 Å². The maximum Gasteiger partial charge on any atom is 0.254 e. The third-order valence-corrected chi connectivity index (χ3v) is 6.10. The van der Waals surface area contributed by atoms with Gasteiger partial charge in [0.1, 0.15) is 10.3 Å². The van der Waals surface area contributed by atoms with Gasteiger partial charge in [0.05, 0.1) is 11.2 Å². The van der Waals surface area contributed by atoms with Crippen LogP contribution in [0.2, 0.25) is 10.3 Å². The highest BCUT2D eigenvalue weighted by Crippen LogP contribution is 2.55. The Kier molecular flexibility index (Phi) is 3.40. The summed E-state index contributed by atoms with van der Waals surface area (Å²) in [4.78, 5) is 16.4. The molecule has 0 aliphatic heterocycles. The minimum absolute atomic E-state index is 0.132. The van der Waals surface area contributed by atoms with E-state index in [1.54, 1.807) is 12.1 Å². The average molecular weight is 341 g/mol. The quantitative estimate of drug-likeness (QED) is 0.813. The Hall–Kier alpha value is -0.840. The Labute approximate surface area is 139 Å². The summed E-state index contributed by atoms with van der Waals surface area (Å²) in [5.74, 6) is 1.17. The zero-order valence-corrected chi connectivity index (χ0v) is 13.6. The van der Waals surface area contributed by atoms with Gasteiger partial charge >= 0.3 is 0 Å². The van der Waals surface area contributed by atoms with Gasteiger partial charge in [-0.25, -0.2) is 4.98 Å². The fourth-order valence-electron chi connectivity index (χ4n) is 5.03. The average Bonchev–Trinajstić information content (AvgIpc) is 2.40. The number of nitrogens with one attached hydrogen (secondary N) is 1. The Bertz CT molecular complexity index is 621. The van der Waals surface area contributed by atoms with Crippen LogP contribution < -0.4 is 5.32 Å². The van der Waals surface area contributed by atoms with E-state index in [1.165, 1.54) is 0 Å². The lowest BCUT2D eigenvalue weighted by Crippen LogP contribution is -2.61. The van der Waals surface area contributed by atoms with Crippen LogP contribution in [0.25, 0.3) is 0 Å². The molecule has 1 amide bonds. The first-order valence-corrected chi connectivity index (χ1v) is 8.54. The molecule has 4 nitrogen and oxygen atoms in total. The standard InChI is InChI=1S/C16H18Cl2N2O2/c17-12-2-1-11(14(18)19-12)15(21)20-13-9-3-8-4-10(13)7-16(22,5-8)6-9/h1-2,8-10,13,22H,3-7H2,(H,20,21)/t8?,9?,10?,13-,16-. The van der Waals surface area contributed by atoms with E-state index in [-0.39, 0.29) is 22.3 Å². The summed E-state index contributed by atoms with van der Waals surface area (Å²) in [6.45, 7) is 0. The van der Waals surface area contributed by atoms with Crippen LogP contribution in [-0.2, 0) is 0 Å². The number of hydrogen-bond donors (Lipinski definition) is 2. The van der Waals surface area contributed by atoms with E-state index in [2.05, 4.69) is 10.3 Å². The van der Waals surface area contributed by atoms with Crippen molar-refractivity contribution < 1.29 is 9.90 Å². The molecule has 6 heteroatoms. The number of pyridine rings is 1. The third-order valence-electron chi connectivity index (χ3n) is 5.60. The lowest BCUT2D eigenvalue weighted by molar-refractivity contribution is -0.136. The molecule has 0 spiro atoms. The number of nitrogens with zero attached hydrogens (tertiary/aromatic N) is 1. The van der Waals surface area contributed by atoms with Crippen molar-refractivity contribution in [3.63, 3.8) is 0 Å². The predicted molar refractivity (Wildman–Crippen MR) is 84.0 cm³/mol. The SMILES string of the molecule is O=C(N[C@H]1C2CC3CC1C[C@](O)(C3)C2)c1ccc(Cl)nc1Cl. The second kappa shape index (κ2) is 5.08. The summed E-state index contributed by atoms with van der Waals surface area (Å²) in [7, 11) is 0. The Morgan fingerprint density at radius 1 is 1.23 bits per heavy atom. The molecular formula is C16H18Cl2N2O2. The van der Waals surface area contributed by atoms with Crippen molar-refractivity contribution in [3.8, 4) is 0 Å². The summed E-state index contributed by atoms with van der Waals surface area (Å²) < 4.78 is 0. The number of aliphatic hydroxyl groups is 1. The summed E-state index contributed by atoms with van der Waals surface area (Å²) in [5.41, 5.74) is -0.129. The summed E-state index contributed by atoms with van der Waals surface area (Å²) in [5, 5.41) is 14.1. The number of hydrogen-bond acceptors (Lipinski definition) is 3. The number of rotatable bonds is 2. The third kappa shape index (κ3) is 2.41. The first-order chi connectivity index (χ1) is 10.4. The van der Waals surface area contributed by atoms with E-state index in [0.717, 1.165) is 32.1 Å². The van der Waals surface area contributed by atoms with Gasteiger partial charge in [0, 0.05) is 6.04 Å². The first-order valence-electron chi connectivity index (χ1n) is 7.79. The maximum atomic E-state index is 12.5. The lowest BCUT2D eigenvalue weighted by atomic mass is 9.52. The van der Waals surface area contributed by atoms with Crippen LogP contribution in [-0.4, -0.2) is 27.6 Å². The molecule has 118 valence electrons. The molecule has 1 aromatic heterocycles. The minimum Gasteiger partial charge on any atom is -0.390 e. The van der Waals surface area contributed by atoms with Gasteiger partial charge in [-0.05, 0) is 62.0 Å². The van der Waals surface area contributed by atoms with Gasteiger partial charge < -0.3 is 10.4 Å². The molecule has 1 aromatic rings. The molecule has 0 aromatic carbocycles. The topological polar surface area (TPSA) is 62.2 Å². The fourth-order valence-corrected chi connectivity index (χ4v) is 5.46. The Balaban J connectivity index is 1.53. The van der Waals surface area contributed by atoms with E-state index in [1.807, 2.05) is 0 Å². The highest BCUT2D eigenvalue weighted by molar-refractivity contribution is 6.34. The zero-order chi connectivity index (χ0) is 15.5. The molecule has 2 N–H and O–H groups in total. The van der Waals surface area contributed by atoms with Crippen molar-refractivity contribution in [2.24, 2.45) is 17.8 Å². The first kappa shape index (κ1) is 14.7. The van der Waals surface area contributed by atoms with Crippen molar-refractivity contribution in [1.82, 2.24) is 10.3 Å². The number of carbonyl (C=O) groups excluding carboxylic acids is 1. The number of amides is 1. The molecule has 0 radical (unpaired) electrons. The molecule has 2 unspecified atom stereocenters. The Morgan fingerprint density at radius 3 is 2.50 bits per heavy atom. The highest BCUT2D eigenvalue weighted by Gasteiger charge is 2.55.